The van der Waals surface area contributed by atoms with Gasteiger partial charge in [0.2, 0.25) is 5.91 Å². The van der Waals surface area contributed by atoms with Crippen LogP contribution in [0.1, 0.15) is 70.8 Å². The lowest BCUT2D eigenvalue weighted by Crippen LogP contribution is -2.23. The number of carbonyl (C=O) groups excluding carboxylic acids is 1. The Morgan fingerprint density at radius 2 is 1.73 bits per heavy atom. The minimum Gasteiger partial charge on any atom is -0.772 e. The van der Waals surface area contributed by atoms with Gasteiger partial charge in [-0.1, -0.05) is 69.2 Å². The lowest BCUT2D eigenvalue weighted by Gasteiger charge is -2.21. The van der Waals surface area contributed by atoms with E-state index in [4.69, 9.17) is 0 Å². The first kappa shape index (κ1) is 21.1. The zero-order valence-corrected chi connectivity index (χ0v) is 16.9. The second-order valence-corrected chi connectivity index (χ2v) is 9.13. The van der Waals surface area contributed by atoms with Crippen molar-refractivity contribution in [3.8, 4) is 0 Å². The maximum absolute atomic E-state index is 11.7. The molecule has 1 amide bonds. The zero-order valence-electron chi connectivity index (χ0n) is 16.1. The molecule has 1 aliphatic carbocycles. The number of nitrogens with zero attached hydrogens (tertiary/aromatic N) is 1. The van der Waals surface area contributed by atoms with Gasteiger partial charge >= 0.3 is 0 Å². The van der Waals surface area contributed by atoms with Crippen molar-refractivity contribution >= 4 is 22.7 Å². The molecule has 1 aromatic rings. The van der Waals surface area contributed by atoms with Gasteiger partial charge in [-0.3, -0.25) is 9.00 Å². The fourth-order valence-corrected chi connectivity index (χ4v) is 3.61. The molecule has 1 aliphatic heterocycles. The van der Waals surface area contributed by atoms with Crippen molar-refractivity contribution in [1.82, 2.24) is 0 Å². The number of benzene rings is 1. The van der Waals surface area contributed by atoms with Crippen molar-refractivity contribution in [3.05, 3.63) is 29.8 Å². The van der Waals surface area contributed by atoms with Crippen LogP contribution in [0.2, 0.25) is 0 Å². The van der Waals surface area contributed by atoms with Crippen LogP contribution in [0.5, 0.6) is 0 Å². The van der Waals surface area contributed by atoms with E-state index >= 15 is 0 Å². The molecule has 26 heavy (non-hydrogen) atoms. The van der Waals surface area contributed by atoms with E-state index in [-0.39, 0.29) is 11.2 Å². The standard InChI is InChI=1S/C18H25NO.C3H8O2S/c20-18-7-4-14-19(18)17-12-10-16(11-13-17)9-8-15-5-2-1-3-6-15;1-3(2)6(4)5/h10-13,15H,1-9,14H2;3H,1-2H3,(H,4,5)/p-1. The second kappa shape index (κ2) is 10.8. The summed E-state index contributed by atoms with van der Waals surface area (Å²) >= 11 is -1.87. The van der Waals surface area contributed by atoms with Crippen LogP contribution < -0.4 is 4.90 Å². The highest BCUT2D eigenvalue weighted by molar-refractivity contribution is 7.79. The summed E-state index contributed by atoms with van der Waals surface area (Å²) in [5, 5.41) is -0.231. The molecule has 0 spiro atoms. The minimum absolute atomic E-state index is 0.231. The zero-order chi connectivity index (χ0) is 18.9. The number of carbonyl (C=O) groups is 1. The van der Waals surface area contributed by atoms with Crippen LogP contribution in [0.3, 0.4) is 0 Å². The van der Waals surface area contributed by atoms with Gasteiger partial charge in [0.25, 0.3) is 0 Å². The summed E-state index contributed by atoms with van der Waals surface area (Å²) in [6, 6.07) is 8.67. The number of rotatable bonds is 5. The maximum Gasteiger partial charge on any atom is 0.227 e. The monoisotopic (exact) mass is 378 g/mol. The second-order valence-electron chi connectivity index (χ2n) is 7.67. The lowest BCUT2D eigenvalue weighted by atomic mass is 9.85. The molecule has 3 rings (SSSR count). The average Bonchev–Trinajstić information content (AvgIpc) is 3.08. The number of aryl methyl sites for hydroxylation is 1. The molecular weight excluding hydrogens is 346 g/mol. The first-order valence-electron chi connectivity index (χ1n) is 9.94. The summed E-state index contributed by atoms with van der Waals surface area (Å²) in [6.45, 7) is 4.15. The average molecular weight is 379 g/mol. The Labute approximate surface area is 160 Å². The highest BCUT2D eigenvalue weighted by Gasteiger charge is 2.21. The molecule has 5 heteroatoms. The molecule has 2 aliphatic rings. The van der Waals surface area contributed by atoms with Gasteiger partial charge in [0, 0.05) is 23.9 Å². The van der Waals surface area contributed by atoms with Gasteiger partial charge in [0.05, 0.1) is 0 Å². The van der Waals surface area contributed by atoms with Crippen LogP contribution in [0.25, 0.3) is 0 Å². The molecule has 1 heterocycles. The third kappa shape index (κ3) is 6.84. The molecule has 0 N–H and O–H groups in total. The Hall–Kier alpha value is -1.20. The van der Waals surface area contributed by atoms with Gasteiger partial charge < -0.3 is 9.45 Å². The first-order chi connectivity index (χ1) is 12.5. The fourth-order valence-electron chi connectivity index (χ4n) is 3.61. The highest BCUT2D eigenvalue weighted by atomic mass is 32.2. The SMILES string of the molecule is CC(C)S(=O)[O-].O=C1CCCN1c1ccc(CCC2CCCCC2)cc1. The van der Waals surface area contributed by atoms with Crippen molar-refractivity contribution in [1.29, 1.82) is 0 Å². The van der Waals surface area contributed by atoms with E-state index in [2.05, 4.69) is 24.3 Å². The summed E-state index contributed by atoms with van der Waals surface area (Å²) < 4.78 is 19.4. The van der Waals surface area contributed by atoms with Crippen molar-refractivity contribution in [2.24, 2.45) is 5.92 Å². The largest absolute Gasteiger partial charge is 0.772 e. The molecule has 0 bridgehead atoms. The van der Waals surface area contributed by atoms with E-state index in [1.807, 2.05) is 4.90 Å². The summed E-state index contributed by atoms with van der Waals surface area (Å²) in [7, 11) is 0. The fraction of sp³-hybridized carbons (Fsp3) is 0.667. The third-order valence-corrected chi connectivity index (χ3v) is 6.04. The molecule has 4 nitrogen and oxygen atoms in total. The van der Waals surface area contributed by atoms with Gasteiger partial charge in [-0.25, -0.2) is 0 Å². The van der Waals surface area contributed by atoms with E-state index in [0.717, 1.165) is 24.6 Å². The summed E-state index contributed by atoms with van der Waals surface area (Å²) in [5.74, 6) is 1.23. The summed E-state index contributed by atoms with van der Waals surface area (Å²) in [4.78, 5) is 13.6. The van der Waals surface area contributed by atoms with Crippen LogP contribution in [0, 0.1) is 5.92 Å². The maximum atomic E-state index is 11.7. The van der Waals surface area contributed by atoms with E-state index in [1.54, 1.807) is 13.8 Å². The molecule has 1 unspecified atom stereocenters. The number of hydrogen-bond acceptors (Lipinski definition) is 3. The molecule has 1 saturated carbocycles. The predicted molar refractivity (Wildman–Crippen MR) is 107 cm³/mol. The molecule has 0 aromatic heterocycles. The number of anilines is 1. The highest BCUT2D eigenvalue weighted by Crippen LogP contribution is 2.28. The minimum atomic E-state index is -1.87. The van der Waals surface area contributed by atoms with Crippen molar-refractivity contribution < 1.29 is 13.6 Å². The van der Waals surface area contributed by atoms with Crippen LogP contribution in [0.15, 0.2) is 24.3 Å². The van der Waals surface area contributed by atoms with Gasteiger partial charge in [-0.15, -0.1) is 0 Å². The molecule has 1 aromatic carbocycles. The summed E-state index contributed by atoms with van der Waals surface area (Å²) in [5.41, 5.74) is 2.50. The van der Waals surface area contributed by atoms with Crippen molar-refractivity contribution in [3.63, 3.8) is 0 Å². The quantitative estimate of drug-likeness (QED) is 0.704. The first-order valence-corrected chi connectivity index (χ1v) is 11.1. The topological polar surface area (TPSA) is 60.4 Å². The van der Waals surface area contributed by atoms with Gasteiger partial charge in [0.1, 0.15) is 0 Å². The Morgan fingerprint density at radius 1 is 1.12 bits per heavy atom. The predicted octanol–water partition coefficient (Wildman–Crippen LogP) is 4.60. The molecule has 146 valence electrons. The van der Waals surface area contributed by atoms with E-state index < -0.39 is 11.1 Å². The van der Waals surface area contributed by atoms with Gasteiger partial charge in [-0.05, 0) is 42.9 Å². The smallest absolute Gasteiger partial charge is 0.227 e. The van der Waals surface area contributed by atoms with Gasteiger partial charge in [0.15, 0.2) is 0 Å². The Morgan fingerprint density at radius 3 is 2.23 bits per heavy atom. The molecule has 1 saturated heterocycles. The molecule has 1 atom stereocenters. The van der Waals surface area contributed by atoms with E-state index in [9.17, 15) is 13.6 Å². The molecular formula is C21H32NO3S-. The van der Waals surface area contributed by atoms with Crippen LogP contribution >= 0.6 is 0 Å². The van der Waals surface area contributed by atoms with E-state index in [0.29, 0.717) is 6.42 Å². The molecule has 2 fully saturated rings. The van der Waals surface area contributed by atoms with Crippen LogP contribution in [-0.2, 0) is 22.3 Å². The van der Waals surface area contributed by atoms with Crippen molar-refractivity contribution in [2.75, 3.05) is 11.4 Å². The number of hydrogen-bond donors (Lipinski definition) is 0. The Kier molecular flexibility index (Phi) is 8.79. The Bertz CT molecular complexity index is 579. The summed E-state index contributed by atoms with van der Waals surface area (Å²) in [6.07, 6.45) is 11.4. The Balaban J connectivity index is 0.000000352. The van der Waals surface area contributed by atoms with Gasteiger partial charge in [-0.2, -0.15) is 0 Å². The third-order valence-electron chi connectivity index (χ3n) is 5.27. The van der Waals surface area contributed by atoms with Crippen LogP contribution in [-0.4, -0.2) is 26.5 Å². The van der Waals surface area contributed by atoms with E-state index in [1.165, 1.54) is 50.5 Å². The number of amides is 1. The molecule has 0 radical (unpaired) electrons. The lowest BCUT2D eigenvalue weighted by molar-refractivity contribution is -0.117. The van der Waals surface area contributed by atoms with Crippen molar-refractivity contribution in [2.45, 2.75) is 76.9 Å². The van der Waals surface area contributed by atoms with Crippen LogP contribution in [0.4, 0.5) is 5.69 Å². The normalized spacial score (nSPS) is 19.4.